The quantitative estimate of drug-likeness (QED) is 0.353. The number of benzene rings is 2. The predicted molar refractivity (Wildman–Crippen MR) is 150 cm³/mol. The van der Waals surface area contributed by atoms with Crippen LogP contribution in [0.5, 0.6) is 0 Å². The zero-order chi connectivity index (χ0) is 29.3. The maximum Gasteiger partial charge on any atom is 0.416 e. The zero-order valence-electron chi connectivity index (χ0n) is 21.9. The summed E-state index contributed by atoms with van der Waals surface area (Å²) in [6, 6.07) is 8.87. The smallest absolute Gasteiger partial charge is 0.394 e. The number of piperidine rings is 1. The van der Waals surface area contributed by atoms with Gasteiger partial charge in [0.2, 0.25) is 0 Å². The van der Waals surface area contributed by atoms with E-state index in [1.807, 2.05) is 0 Å². The van der Waals surface area contributed by atoms with Crippen LogP contribution in [0, 0.1) is 5.92 Å². The second-order valence-electron chi connectivity index (χ2n) is 10.2. The molecule has 0 aliphatic carbocycles. The van der Waals surface area contributed by atoms with E-state index in [0.29, 0.717) is 27.9 Å². The Balaban J connectivity index is 1.25. The van der Waals surface area contributed by atoms with Crippen molar-refractivity contribution in [2.24, 2.45) is 5.92 Å². The minimum Gasteiger partial charge on any atom is -0.394 e. The molecule has 2 saturated heterocycles. The Morgan fingerprint density at radius 3 is 2.59 bits per heavy atom. The van der Waals surface area contributed by atoms with Crippen LogP contribution in [0.3, 0.4) is 0 Å². The standard InChI is InChI=1S/C28H28ClF3N4O4S/c29-21-3-2-19(22(13-21)28(30,31)32)15-36-23-4-1-17(11-20(23)14-33-36)12-25-26(39)35(27(40)41-25)10-9-34-7-5-18(6-8-34)24(38)16-37/h1-4,11-14,18,24,37-38H,5-10,15-16H2/b25-12-. The molecule has 2 fully saturated rings. The van der Waals surface area contributed by atoms with Gasteiger partial charge in [0, 0.05) is 23.5 Å². The average Bonchev–Trinajstić information content (AvgIpc) is 3.46. The summed E-state index contributed by atoms with van der Waals surface area (Å²) in [7, 11) is 0. The molecule has 218 valence electrons. The number of amides is 2. The molecule has 0 bridgehead atoms. The monoisotopic (exact) mass is 608 g/mol. The van der Waals surface area contributed by atoms with E-state index >= 15 is 0 Å². The van der Waals surface area contributed by atoms with Crippen LogP contribution in [0.25, 0.3) is 17.0 Å². The zero-order valence-corrected chi connectivity index (χ0v) is 23.4. The summed E-state index contributed by atoms with van der Waals surface area (Å²) in [6.45, 7) is 1.87. The first-order valence-corrected chi connectivity index (χ1v) is 14.3. The lowest BCUT2D eigenvalue weighted by Gasteiger charge is -2.34. The maximum atomic E-state index is 13.5. The van der Waals surface area contributed by atoms with E-state index in [4.69, 9.17) is 16.7 Å². The van der Waals surface area contributed by atoms with Gasteiger partial charge >= 0.3 is 6.18 Å². The number of carbonyl (C=O) groups excluding carboxylic acids is 2. The number of carbonyl (C=O) groups is 2. The van der Waals surface area contributed by atoms with Crippen molar-refractivity contribution in [3.8, 4) is 0 Å². The number of hydrogen-bond acceptors (Lipinski definition) is 7. The molecule has 0 saturated carbocycles. The molecule has 2 amide bonds. The third-order valence-corrected chi connectivity index (χ3v) is 8.68. The Kier molecular flexibility index (Phi) is 8.76. The van der Waals surface area contributed by atoms with Crippen LogP contribution in [0.4, 0.5) is 18.0 Å². The SMILES string of the molecule is O=C1S/C(=C\c2ccc3c(cnn3Cc3ccc(Cl)cc3C(F)(F)F)c2)C(=O)N1CCN1CCC(C(O)CO)CC1. The van der Waals surface area contributed by atoms with Crippen LogP contribution >= 0.6 is 23.4 Å². The fourth-order valence-electron chi connectivity index (χ4n) is 5.23. The normalized spacial score (nSPS) is 19.2. The van der Waals surface area contributed by atoms with E-state index in [-0.39, 0.29) is 47.3 Å². The Bertz CT molecular complexity index is 1490. The molecule has 13 heteroatoms. The molecule has 41 heavy (non-hydrogen) atoms. The topological polar surface area (TPSA) is 98.9 Å². The van der Waals surface area contributed by atoms with Crippen molar-refractivity contribution in [2.45, 2.75) is 31.7 Å². The van der Waals surface area contributed by atoms with Gasteiger partial charge in [0.1, 0.15) is 0 Å². The number of fused-ring (bicyclic) bond motifs is 1. The Morgan fingerprint density at radius 2 is 1.88 bits per heavy atom. The minimum absolute atomic E-state index is 0.0000660. The highest BCUT2D eigenvalue weighted by Gasteiger charge is 2.36. The van der Waals surface area contributed by atoms with Crippen LogP contribution in [0.1, 0.15) is 29.5 Å². The number of aliphatic hydroxyl groups excluding tert-OH is 2. The van der Waals surface area contributed by atoms with E-state index in [0.717, 1.165) is 43.8 Å². The van der Waals surface area contributed by atoms with Gasteiger partial charge in [-0.1, -0.05) is 23.7 Å². The number of nitrogens with zero attached hydrogens (tertiary/aromatic N) is 4. The summed E-state index contributed by atoms with van der Waals surface area (Å²) in [5.41, 5.74) is 0.505. The number of thioether (sulfide) groups is 1. The lowest BCUT2D eigenvalue weighted by Crippen LogP contribution is -2.43. The van der Waals surface area contributed by atoms with Gasteiger partial charge in [-0.25, -0.2) is 0 Å². The number of alkyl halides is 3. The Labute approximate surface area is 243 Å². The molecule has 1 atom stereocenters. The van der Waals surface area contributed by atoms with Crippen molar-refractivity contribution < 1.29 is 33.0 Å². The highest BCUT2D eigenvalue weighted by Crippen LogP contribution is 2.35. The van der Waals surface area contributed by atoms with E-state index in [2.05, 4.69) is 10.00 Å². The van der Waals surface area contributed by atoms with Crippen molar-refractivity contribution in [3.63, 3.8) is 0 Å². The molecule has 2 aromatic carbocycles. The molecule has 2 aliphatic rings. The molecule has 8 nitrogen and oxygen atoms in total. The first kappa shape index (κ1) is 29.6. The van der Waals surface area contributed by atoms with E-state index in [1.165, 1.54) is 21.7 Å². The van der Waals surface area contributed by atoms with Gasteiger partial charge in [0.05, 0.1) is 41.4 Å². The number of aliphatic hydroxyl groups is 2. The number of imide groups is 1. The molecule has 2 N–H and O–H groups in total. The van der Waals surface area contributed by atoms with Crippen molar-refractivity contribution in [2.75, 3.05) is 32.8 Å². The van der Waals surface area contributed by atoms with Crippen LogP contribution in [-0.4, -0.2) is 79.8 Å². The van der Waals surface area contributed by atoms with Gasteiger partial charge in [0.15, 0.2) is 0 Å². The third-order valence-electron chi connectivity index (χ3n) is 7.54. The van der Waals surface area contributed by atoms with E-state index in [1.54, 1.807) is 30.5 Å². The predicted octanol–water partition coefficient (Wildman–Crippen LogP) is 4.86. The molecule has 3 aromatic rings. The lowest BCUT2D eigenvalue weighted by molar-refractivity contribution is -0.138. The van der Waals surface area contributed by atoms with Crippen LogP contribution < -0.4 is 0 Å². The highest BCUT2D eigenvalue weighted by molar-refractivity contribution is 8.18. The number of aromatic nitrogens is 2. The lowest BCUT2D eigenvalue weighted by atomic mass is 9.91. The first-order valence-electron chi connectivity index (χ1n) is 13.1. The highest BCUT2D eigenvalue weighted by atomic mass is 35.5. The number of rotatable bonds is 8. The summed E-state index contributed by atoms with van der Waals surface area (Å²) in [4.78, 5) is 29.3. The van der Waals surface area contributed by atoms with Gasteiger partial charge in [0.25, 0.3) is 11.1 Å². The second-order valence-corrected chi connectivity index (χ2v) is 11.6. The largest absolute Gasteiger partial charge is 0.416 e. The van der Waals surface area contributed by atoms with Crippen molar-refractivity contribution in [3.05, 3.63) is 69.2 Å². The summed E-state index contributed by atoms with van der Waals surface area (Å²) < 4.78 is 42.1. The van der Waals surface area contributed by atoms with Crippen LogP contribution in [-0.2, 0) is 17.5 Å². The fourth-order valence-corrected chi connectivity index (χ4v) is 6.27. The summed E-state index contributed by atoms with van der Waals surface area (Å²) in [6.07, 6.45) is -0.617. The molecule has 2 aliphatic heterocycles. The first-order chi connectivity index (χ1) is 19.5. The van der Waals surface area contributed by atoms with Gasteiger partial charge in [-0.05, 0) is 85.1 Å². The maximum absolute atomic E-state index is 13.5. The number of halogens is 4. The molecule has 0 radical (unpaired) electrons. The summed E-state index contributed by atoms with van der Waals surface area (Å²) in [5, 5.41) is 23.6. The van der Waals surface area contributed by atoms with Crippen molar-refractivity contribution >= 4 is 51.5 Å². The van der Waals surface area contributed by atoms with Gasteiger partial charge in [-0.15, -0.1) is 0 Å². The number of likely N-dealkylation sites (tertiary alicyclic amines) is 1. The summed E-state index contributed by atoms with van der Waals surface area (Å²) in [5.74, 6) is -0.320. The summed E-state index contributed by atoms with van der Waals surface area (Å²) >= 11 is 6.66. The van der Waals surface area contributed by atoms with Gasteiger partial charge < -0.3 is 15.1 Å². The van der Waals surface area contributed by atoms with E-state index in [9.17, 15) is 27.9 Å². The van der Waals surface area contributed by atoms with Crippen molar-refractivity contribution in [1.29, 1.82) is 0 Å². The van der Waals surface area contributed by atoms with Crippen molar-refractivity contribution in [1.82, 2.24) is 19.6 Å². The fraction of sp³-hybridized carbons (Fsp3) is 0.393. The van der Waals surface area contributed by atoms with Gasteiger partial charge in [-0.2, -0.15) is 18.3 Å². The number of hydrogen-bond donors (Lipinski definition) is 2. The second kappa shape index (κ2) is 12.1. The average molecular weight is 609 g/mol. The molecule has 5 rings (SSSR count). The molecule has 3 heterocycles. The minimum atomic E-state index is -4.56. The molecular formula is C28H28ClF3N4O4S. The van der Waals surface area contributed by atoms with Crippen LogP contribution in [0.2, 0.25) is 5.02 Å². The molecular weight excluding hydrogens is 581 g/mol. The van der Waals surface area contributed by atoms with Crippen LogP contribution in [0.15, 0.2) is 47.5 Å². The molecule has 1 aromatic heterocycles. The molecule has 1 unspecified atom stereocenters. The third kappa shape index (κ3) is 6.62. The van der Waals surface area contributed by atoms with Gasteiger partial charge in [-0.3, -0.25) is 19.2 Å². The Morgan fingerprint density at radius 1 is 1.12 bits per heavy atom. The Hall–Kier alpha value is -2.90. The molecule has 0 spiro atoms. The van der Waals surface area contributed by atoms with E-state index < -0.39 is 17.8 Å².